The van der Waals surface area contributed by atoms with Crippen LogP contribution in [0.5, 0.6) is 0 Å². The summed E-state index contributed by atoms with van der Waals surface area (Å²) in [6.07, 6.45) is 7.45. The Morgan fingerprint density at radius 2 is 1.77 bits per heavy atom. The van der Waals surface area contributed by atoms with Gasteiger partial charge in [0, 0.05) is 38.3 Å². The van der Waals surface area contributed by atoms with Crippen molar-refractivity contribution in [3.63, 3.8) is 0 Å². The largest absolute Gasteiger partial charge is 0.345 e. The predicted octanol–water partition coefficient (Wildman–Crippen LogP) is 3.08. The zero-order valence-electron chi connectivity index (χ0n) is 14.9. The number of hydrogen-bond acceptors (Lipinski definition) is 3. The molecule has 1 aromatic heterocycles. The number of nitrogens with zero attached hydrogens (tertiary/aromatic N) is 2. The second-order valence-corrected chi connectivity index (χ2v) is 6.63. The molecule has 2 heterocycles. The molecule has 2 aromatic rings. The molecule has 1 aliphatic heterocycles. The van der Waals surface area contributed by atoms with Gasteiger partial charge < -0.3 is 10.2 Å². The molecule has 0 spiro atoms. The Kier molecular flexibility index (Phi) is 6.36. The van der Waals surface area contributed by atoms with Gasteiger partial charge in [0.2, 0.25) is 11.8 Å². The summed E-state index contributed by atoms with van der Waals surface area (Å²) in [5, 5.41) is 3.11. The average molecular weight is 351 g/mol. The van der Waals surface area contributed by atoms with E-state index in [1.54, 1.807) is 12.4 Å². The highest BCUT2D eigenvalue weighted by molar-refractivity contribution is 5.79. The summed E-state index contributed by atoms with van der Waals surface area (Å²) in [4.78, 5) is 30.5. The number of hydrogen-bond donors (Lipinski definition) is 1. The smallest absolute Gasteiger partial charge is 0.222 e. The van der Waals surface area contributed by atoms with Crippen LogP contribution in [0.1, 0.15) is 49.3 Å². The van der Waals surface area contributed by atoms with E-state index in [0.717, 1.165) is 36.9 Å². The lowest BCUT2D eigenvalue weighted by molar-refractivity contribution is -0.131. The van der Waals surface area contributed by atoms with Crippen molar-refractivity contribution in [2.75, 3.05) is 13.1 Å². The van der Waals surface area contributed by atoms with E-state index < -0.39 is 0 Å². The fourth-order valence-corrected chi connectivity index (χ4v) is 3.31. The van der Waals surface area contributed by atoms with Crippen LogP contribution in [0.2, 0.25) is 0 Å². The molecule has 3 rings (SSSR count). The zero-order chi connectivity index (χ0) is 18.2. The Balaban J connectivity index is 1.65. The van der Waals surface area contributed by atoms with Gasteiger partial charge in [-0.1, -0.05) is 36.8 Å². The molecule has 2 amide bonds. The first-order valence-electron chi connectivity index (χ1n) is 9.26. The molecule has 1 N–H and O–H groups in total. The molecule has 0 saturated carbocycles. The predicted molar refractivity (Wildman–Crippen MR) is 100 cm³/mol. The number of amides is 2. The average Bonchev–Trinajstić information content (AvgIpc) is 2.90. The van der Waals surface area contributed by atoms with Crippen LogP contribution in [-0.4, -0.2) is 34.8 Å². The number of pyridine rings is 1. The van der Waals surface area contributed by atoms with E-state index in [2.05, 4.69) is 10.3 Å². The molecular formula is C21H25N3O2. The molecule has 1 saturated heterocycles. The maximum atomic E-state index is 12.6. The molecule has 136 valence electrons. The van der Waals surface area contributed by atoms with E-state index in [-0.39, 0.29) is 17.9 Å². The van der Waals surface area contributed by atoms with Crippen molar-refractivity contribution in [1.29, 1.82) is 0 Å². The minimum Gasteiger partial charge on any atom is -0.345 e. The van der Waals surface area contributed by atoms with Crippen LogP contribution in [0, 0.1) is 0 Å². The molecule has 5 nitrogen and oxygen atoms in total. The van der Waals surface area contributed by atoms with Crippen LogP contribution in [0.25, 0.3) is 0 Å². The van der Waals surface area contributed by atoms with E-state index >= 15 is 0 Å². The Morgan fingerprint density at radius 1 is 1.04 bits per heavy atom. The van der Waals surface area contributed by atoms with Crippen molar-refractivity contribution in [2.24, 2.45) is 0 Å². The van der Waals surface area contributed by atoms with Gasteiger partial charge in [-0.15, -0.1) is 0 Å². The van der Waals surface area contributed by atoms with Gasteiger partial charge in [-0.2, -0.15) is 0 Å². The third-order valence-electron chi connectivity index (χ3n) is 4.76. The lowest BCUT2D eigenvalue weighted by atomic mass is 9.99. The minimum atomic E-state index is -0.216. The second kappa shape index (κ2) is 9.13. The first-order valence-corrected chi connectivity index (χ1v) is 9.26. The highest BCUT2D eigenvalue weighted by atomic mass is 16.2. The number of carbonyl (C=O) groups excluding carboxylic acids is 2. The molecule has 1 aliphatic rings. The van der Waals surface area contributed by atoms with E-state index in [1.807, 2.05) is 47.4 Å². The Labute approximate surface area is 154 Å². The molecule has 0 aliphatic carbocycles. The third kappa shape index (κ3) is 4.91. The number of benzene rings is 1. The Morgan fingerprint density at radius 3 is 2.54 bits per heavy atom. The summed E-state index contributed by atoms with van der Waals surface area (Å²) < 4.78 is 0. The molecule has 5 heteroatoms. The van der Waals surface area contributed by atoms with Gasteiger partial charge in [0.15, 0.2) is 0 Å². The normalized spacial score (nSPS) is 16.0. The summed E-state index contributed by atoms with van der Waals surface area (Å²) >= 11 is 0. The quantitative estimate of drug-likeness (QED) is 0.870. The first kappa shape index (κ1) is 18.1. The standard InChI is InChI=1S/C21H25N3O2/c25-19(12-16-24-15-6-2-5-9-20(24)26)23-21(17-7-3-1-4-8-17)18-10-13-22-14-11-18/h1,3-4,7-8,10-11,13-14,21H,2,5-6,9,12,15-16H2,(H,23,25)/t21-/m0/s1. The lowest BCUT2D eigenvalue weighted by Gasteiger charge is -2.22. The SMILES string of the molecule is O=C(CCN1CCCCCC1=O)N[C@@H](c1ccccc1)c1ccncc1. The lowest BCUT2D eigenvalue weighted by Crippen LogP contribution is -2.36. The van der Waals surface area contributed by atoms with Crippen LogP contribution >= 0.6 is 0 Å². The van der Waals surface area contributed by atoms with E-state index in [4.69, 9.17) is 0 Å². The van der Waals surface area contributed by atoms with Gasteiger partial charge in [0.1, 0.15) is 0 Å². The Bertz CT molecular complexity index is 679. The van der Waals surface area contributed by atoms with Crippen molar-refractivity contribution in [3.05, 3.63) is 66.0 Å². The highest BCUT2D eigenvalue weighted by Gasteiger charge is 2.20. The first-order chi connectivity index (χ1) is 12.7. The summed E-state index contributed by atoms with van der Waals surface area (Å²) in [6, 6.07) is 13.5. The van der Waals surface area contributed by atoms with Crippen molar-refractivity contribution in [2.45, 2.75) is 38.1 Å². The van der Waals surface area contributed by atoms with Gasteiger partial charge in [0.05, 0.1) is 6.04 Å². The van der Waals surface area contributed by atoms with Crippen LogP contribution < -0.4 is 5.32 Å². The summed E-state index contributed by atoms with van der Waals surface area (Å²) in [5.74, 6) is 0.122. The van der Waals surface area contributed by atoms with Gasteiger partial charge in [-0.05, 0) is 36.1 Å². The molecule has 1 atom stereocenters. The number of rotatable bonds is 6. The number of likely N-dealkylation sites (tertiary alicyclic amines) is 1. The fraction of sp³-hybridized carbons (Fsp3) is 0.381. The number of carbonyl (C=O) groups is 2. The summed E-state index contributed by atoms with van der Waals surface area (Å²) in [7, 11) is 0. The monoisotopic (exact) mass is 351 g/mol. The number of aromatic nitrogens is 1. The Hall–Kier alpha value is -2.69. The van der Waals surface area contributed by atoms with Gasteiger partial charge in [0.25, 0.3) is 0 Å². The molecule has 26 heavy (non-hydrogen) atoms. The maximum absolute atomic E-state index is 12.6. The van der Waals surface area contributed by atoms with Crippen molar-refractivity contribution in [3.8, 4) is 0 Å². The van der Waals surface area contributed by atoms with Crippen LogP contribution in [-0.2, 0) is 9.59 Å². The summed E-state index contributed by atoms with van der Waals surface area (Å²) in [6.45, 7) is 1.25. The minimum absolute atomic E-state index is 0.0484. The van der Waals surface area contributed by atoms with Crippen LogP contribution in [0.15, 0.2) is 54.9 Å². The van der Waals surface area contributed by atoms with Crippen molar-refractivity contribution < 1.29 is 9.59 Å². The summed E-state index contributed by atoms with van der Waals surface area (Å²) in [5.41, 5.74) is 2.02. The number of nitrogens with one attached hydrogen (secondary N) is 1. The molecular weight excluding hydrogens is 326 g/mol. The topological polar surface area (TPSA) is 62.3 Å². The third-order valence-corrected chi connectivity index (χ3v) is 4.76. The van der Waals surface area contributed by atoms with Gasteiger partial charge >= 0.3 is 0 Å². The molecule has 1 fully saturated rings. The maximum Gasteiger partial charge on any atom is 0.222 e. The van der Waals surface area contributed by atoms with Crippen molar-refractivity contribution in [1.82, 2.24) is 15.2 Å². The second-order valence-electron chi connectivity index (χ2n) is 6.63. The fourth-order valence-electron chi connectivity index (χ4n) is 3.31. The molecule has 0 radical (unpaired) electrons. The van der Waals surface area contributed by atoms with Gasteiger partial charge in [-0.3, -0.25) is 14.6 Å². The molecule has 0 bridgehead atoms. The highest BCUT2D eigenvalue weighted by Crippen LogP contribution is 2.21. The van der Waals surface area contributed by atoms with E-state index in [0.29, 0.717) is 19.4 Å². The van der Waals surface area contributed by atoms with E-state index in [1.165, 1.54) is 0 Å². The van der Waals surface area contributed by atoms with Crippen LogP contribution in [0.4, 0.5) is 0 Å². The van der Waals surface area contributed by atoms with Gasteiger partial charge in [-0.25, -0.2) is 0 Å². The molecule has 1 aromatic carbocycles. The van der Waals surface area contributed by atoms with E-state index in [9.17, 15) is 9.59 Å². The molecule has 0 unspecified atom stereocenters. The van der Waals surface area contributed by atoms with Crippen molar-refractivity contribution >= 4 is 11.8 Å². The van der Waals surface area contributed by atoms with Crippen LogP contribution in [0.3, 0.4) is 0 Å². The zero-order valence-corrected chi connectivity index (χ0v) is 14.9.